The Morgan fingerprint density at radius 3 is 2.60 bits per heavy atom. The summed E-state index contributed by atoms with van der Waals surface area (Å²) in [5, 5.41) is 0.148. The minimum absolute atomic E-state index is 0.148. The third-order valence-electron chi connectivity index (χ3n) is 1.45. The molecule has 0 saturated heterocycles. The van der Waals surface area contributed by atoms with Crippen LogP contribution in [0.15, 0.2) is 18.2 Å². The lowest BCUT2D eigenvalue weighted by Gasteiger charge is -2.03. The molecule has 0 bridgehead atoms. The van der Waals surface area contributed by atoms with Crippen molar-refractivity contribution < 1.29 is 17.6 Å². The number of carbonyl (C=O) groups is 1. The van der Waals surface area contributed by atoms with Crippen molar-refractivity contribution in [2.45, 2.75) is 0 Å². The average Bonchev–Trinajstić information content (AvgIpc) is 2.06. The van der Waals surface area contributed by atoms with E-state index in [-0.39, 0.29) is 5.02 Å². The fourth-order valence-electron chi connectivity index (χ4n) is 0.895. The Labute approximate surface area is 91.1 Å². The number of amides is 1. The van der Waals surface area contributed by atoms with Crippen LogP contribution in [-0.4, -0.2) is 20.6 Å². The number of sulfonamides is 1. The highest BCUT2D eigenvalue weighted by molar-refractivity contribution is 7.89. The van der Waals surface area contributed by atoms with Gasteiger partial charge in [-0.05, 0) is 18.2 Å². The Balaban J connectivity index is 3.06. The molecule has 0 aliphatic carbocycles. The van der Waals surface area contributed by atoms with Crippen LogP contribution in [0.2, 0.25) is 5.02 Å². The zero-order valence-corrected chi connectivity index (χ0v) is 9.19. The molecule has 0 aromatic heterocycles. The first-order valence-corrected chi connectivity index (χ1v) is 6.04. The number of benzene rings is 1. The Morgan fingerprint density at radius 2 is 2.07 bits per heavy atom. The molecule has 0 aliphatic rings. The van der Waals surface area contributed by atoms with E-state index >= 15 is 0 Å². The van der Waals surface area contributed by atoms with Gasteiger partial charge in [-0.25, -0.2) is 17.5 Å². The van der Waals surface area contributed by atoms with E-state index < -0.39 is 27.3 Å². The molecule has 0 atom stereocenters. The number of rotatable bonds is 2. The molecule has 0 fully saturated rings. The zero-order valence-electron chi connectivity index (χ0n) is 7.62. The van der Waals surface area contributed by atoms with Crippen molar-refractivity contribution in [1.82, 2.24) is 4.72 Å². The molecule has 1 amide bonds. The van der Waals surface area contributed by atoms with Gasteiger partial charge in [0.05, 0.1) is 11.8 Å². The number of carbonyl (C=O) groups excluding carboxylic acids is 1. The number of hydrogen-bond acceptors (Lipinski definition) is 3. The van der Waals surface area contributed by atoms with Gasteiger partial charge in [-0.1, -0.05) is 11.6 Å². The van der Waals surface area contributed by atoms with Crippen molar-refractivity contribution in [2.24, 2.45) is 0 Å². The Morgan fingerprint density at radius 1 is 1.47 bits per heavy atom. The summed E-state index contributed by atoms with van der Waals surface area (Å²) >= 11 is 5.54. The van der Waals surface area contributed by atoms with Gasteiger partial charge in [0.1, 0.15) is 5.82 Å². The van der Waals surface area contributed by atoms with Gasteiger partial charge in [0.2, 0.25) is 10.0 Å². The smallest absolute Gasteiger partial charge is 0.267 e. The zero-order chi connectivity index (χ0) is 11.6. The van der Waals surface area contributed by atoms with Gasteiger partial charge in [0.15, 0.2) is 0 Å². The monoisotopic (exact) mass is 251 g/mol. The summed E-state index contributed by atoms with van der Waals surface area (Å²) in [5.74, 6) is -1.88. The van der Waals surface area contributed by atoms with Crippen LogP contribution in [0.1, 0.15) is 10.4 Å². The SMILES string of the molecule is CS(=O)(=O)NC(=O)c1cc(Cl)ccc1F. The Bertz CT molecular complexity index is 501. The van der Waals surface area contributed by atoms with Gasteiger partial charge >= 0.3 is 0 Å². The largest absolute Gasteiger partial charge is 0.268 e. The second kappa shape index (κ2) is 4.16. The summed E-state index contributed by atoms with van der Waals surface area (Å²) in [7, 11) is -3.71. The minimum atomic E-state index is -3.71. The van der Waals surface area contributed by atoms with E-state index in [1.807, 2.05) is 0 Å². The van der Waals surface area contributed by atoms with Crippen LogP contribution in [0, 0.1) is 5.82 Å². The van der Waals surface area contributed by atoms with Crippen LogP contribution >= 0.6 is 11.6 Å². The summed E-state index contributed by atoms with van der Waals surface area (Å²) in [6, 6.07) is 3.30. The third kappa shape index (κ3) is 3.49. The second-order valence-electron chi connectivity index (χ2n) is 2.83. The van der Waals surface area contributed by atoms with Crippen molar-refractivity contribution >= 4 is 27.5 Å². The van der Waals surface area contributed by atoms with Crippen molar-refractivity contribution in [3.05, 3.63) is 34.6 Å². The van der Waals surface area contributed by atoms with Crippen LogP contribution in [0.5, 0.6) is 0 Å². The molecule has 0 unspecified atom stereocenters. The van der Waals surface area contributed by atoms with Gasteiger partial charge in [-0.2, -0.15) is 0 Å². The molecule has 1 N–H and O–H groups in total. The van der Waals surface area contributed by atoms with Crippen LogP contribution in [0.25, 0.3) is 0 Å². The van der Waals surface area contributed by atoms with E-state index in [1.54, 1.807) is 4.72 Å². The highest BCUT2D eigenvalue weighted by Gasteiger charge is 2.15. The second-order valence-corrected chi connectivity index (χ2v) is 5.01. The van der Waals surface area contributed by atoms with Crippen molar-refractivity contribution in [3.63, 3.8) is 0 Å². The lowest BCUT2D eigenvalue weighted by atomic mass is 10.2. The average molecular weight is 252 g/mol. The maximum Gasteiger partial charge on any atom is 0.267 e. The summed E-state index contributed by atoms with van der Waals surface area (Å²) in [5.41, 5.74) is -0.409. The molecule has 0 spiro atoms. The van der Waals surface area contributed by atoms with Crippen molar-refractivity contribution in [3.8, 4) is 0 Å². The van der Waals surface area contributed by atoms with E-state index in [1.165, 1.54) is 6.07 Å². The molecule has 0 saturated carbocycles. The van der Waals surface area contributed by atoms with Crippen molar-refractivity contribution in [1.29, 1.82) is 0 Å². The van der Waals surface area contributed by atoms with Gasteiger partial charge in [0.25, 0.3) is 5.91 Å². The molecule has 1 aromatic rings. The lowest BCUT2D eigenvalue weighted by Crippen LogP contribution is -2.30. The van der Waals surface area contributed by atoms with E-state index in [4.69, 9.17) is 11.6 Å². The first-order valence-electron chi connectivity index (χ1n) is 3.77. The quantitative estimate of drug-likeness (QED) is 0.858. The summed E-state index contributed by atoms with van der Waals surface area (Å²) in [4.78, 5) is 11.2. The lowest BCUT2D eigenvalue weighted by molar-refractivity contribution is 0.0978. The molecule has 0 aliphatic heterocycles. The van der Waals surface area contributed by atoms with E-state index in [0.717, 1.165) is 18.4 Å². The Kier molecular flexibility index (Phi) is 3.31. The van der Waals surface area contributed by atoms with Gasteiger partial charge in [-0.15, -0.1) is 0 Å². The molecular formula is C8H7ClFNO3S. The number of halogens is 2. The molecule has 15 heavy (non-hydrogen) atoms. The molecular weight excluding hydrogens is 245 g/mol. The fraction of sp³-hybridized carbons (Fsp3) is 0.125. The Hall–Kier alpha value is -1.14. The topological polar surface area (TPSA) is 63.2 Å². The summed E-state index contributed by atoms with van der Waals surface area (Å²) in [6.07, 6.45) is 0.799. The molecule has 0 heterocycles. The van der Waals surface area contributed by atoms with E-state index in [0.29, 0.717) is 0 Å². The van der Waals surface area contributed by atoms with Gasteiger partial charge in [0, 0.05) is 5.02 Å². The maximum absolute atomic E-state index is 13.1. The standard InChI is InChI=1S/C8H7ClFNO3S/c1-15(13,14)11-8(12)6-4-5(9)2-3-7(6)10/h2-4H,1H3,(H,11,12). The maximum atomic E-state index is 13.1. The highest BCUT2D eigenvalue weighted by atomic mass is 35.5. The molecule has 1 aromatic carbocycles. The van der Waals surface area contributed by atoms with Gasteiger partial charge in [-0.3, -0.25) is 4.79 Å². The summed E-state index contributed by atoms with van der Waals surface area (Å²) < 4.78 is 36.2. The molecule has 7 heteroatoms. The van der Waals surface area contributed by atoms with E-state index in [2.05, 4.69) is 0 Å². The first-order chi connectivity index (χ1) is 6.79. The van der Waals surface area contributed by atoms with Crippen LogP contribution in [-0.2, 0) is 10.0 Å². The normalized spacial score (nSPS) is 11.1. The molecule has 4 nitrogen and oxygen atoms in total. The number of nitrogens with one attached hydrogen (secondary N) is 1. The van der Waals surface area contributed by atoms with Crippen molar-refractivity contribution in [2.75, 3.05) is 6.26 Å². The molecule has 0 radical (unpaired) electrons. The minimum Gasteiger partial charge on any atom is -0.268 e. The van der Waals surface area contributed by atoms with Crippen LogP contribution in [0.4, 0.5) is 4.39 Å². The first kappa shape index (κ1) is 11.9. The fourth-order valence-corrected chi connectivity index (χ4v) is 1.51. The predicted octanol–water partition coefficient (Wildman–Crippen LogP) is 1.17. The number of hydrogen-bond donors (Lipinski definition) is 1. The van der Waals surface area contributed by atoms with Crippen LogP contribution in [0.3, 0.4) is 0 Å². The predicted molar refractivity (Wildman–Crippen MR) is 53.7 cm³/mol. The third-order valence-corrected chi connectivity index (χ3v) is 2.24. The van der Waals surface area contributed by atoms with Crippen LogP contribution < -0.4 is 4.72 Å². The molecule has 1 rings (SSSR count). The molecule has 82 valence electrons. The summed E-state index contributed by atoms with van der Waals surface area (Å²) in [6.45, 7) is 0. The highest BCUT2D eigenvalue weighted by Crippen LogP contribution is 2.14. The van der Waals surface area contributed by atoms with E-state index in [9.17, 15) is 17.6 Å². The van der Waals surface area contributed by atoms with Gasteiger partial charge < -0.3 is 0 Å².